The van der Waals surface area contributed by atoms with E-state index >= 15 is 0 Å². The van der Waals surface area contributed by atoms with E-state index in [-0.39, 0.29) is 33.6 Å². The van der Waals surface area contributed by atoms with Gasteiger partial charge in [-0.1, -0.05) is 48.5 Å². The van der Waals surface area contributed by atoms with E-state index < -0.39 is 0 Å². The van der Waals surface area contributed by atoms with Crippen molar-refractivity contribution in [3.8, 4) is 0 Å². The maximum atomic E-state index is 11.0. The summed E-state index contributed by atoms with van der Waals surface area (Å²) >= 11 is 0. The molecule has 6 aliphatic rings. The number of fused-ring (bicyclic) bond motifs is 4. The van der Waals surface area contributed by atoms with E-state index in [9.17, 15) is 5.11 Å². The molecule has 194 valence electrons. The fourth-order valence-electron chi connectivity index (χ4n) is 12.6. The van der Waals surface area contributed by atoms with Crippen LogP contribution in [0.4, 0.5) is 0 Å². The molecule has 0 bridgehead atoms. The summed E-state index contributed by atoms with van der Waals surface area (Å²) in [6, 6.07) is 0. The summed E-state index contributed by atoms with van der Waals surface area (Å²) in [6.07, 6.45) is 13.8. The predicted molar refractivity (Wildman–Crippen MR) is 136 cm³/mol. The van der Waals surface area contributed by atoms with E-state index in [2.05, 4.69) is 48.5 Å². The first-order chi connectivity index (χ1) is 15.7. The molecule has 1 N–H and O–H groups in total. The first-order valence-electron chi connectivity index (χ1n) is 14.6. The van der Waals surface area contributed by atoms with E-state index in [4.69, 9.17) is 9.47 Å². The number of aliphatic hydroxyl groups excluding tert-OH is 1. The zero-order chi connectivity index (χ0) is 24.6. The summed E-state index contributed by atoms with van der Waals surface area (Å²) in [5, 5.41) is 11.0. The molecule has 10 atom stereocenters. The highest BCUT2D eigenvalue weighted by atomic mass is 16.6. The molecule has 3 heteroatoms. The van der Waals surface area contributed by atoms with Crippen molar-refractivity contribution in [2.75, 3.05) is 7.11 Å². The van der Waals surface area contributed by atoms with Crippen molar-refractivity contribution in [2.24, 2.45) is 44.8 Å². The summed E-state index contributed by atoms with van der Waals surface area (Å²) in [7, 11) is 1.93. The Morgan fingerprint density at radius 2 is 1.38 bits per heavy atom. The standard InChI is InChI=1S/C31H52O3/c1-25(2)21-10-17-30-19-27(5)14-9-20-26(3,4)24(33-8)13-15-28(20,6)22(27)11-18-31(30,34-30)29(21,7)16-12-23(25)32/h20-24,32H,9-19H2,1-8H3/t20-,21+,22+,23-,24-,27+,28+,29+,30-,31-/m1/s1. The fraction of sp³-hybridized carbons (Fsp3) is 1.00. The summed E-state index contributed by atoms with van der Waals surface area (Å²) in [6.45, 7) is 17.6. The van der Waals surface area contributed by atoms with Gasteiger partial charge in [0.2, 0.25) is 0 Å². The Morgan fingerprint density at radius 3 is 2.09 bits per heavy atom. The van der Waals surface area contributed by atoms with Gasteiger partial charge in [-0.05, 0) is 110 Å². The van der Waals surface area contributed by atoms with Crippen LogP contribution in [0.1, 0.15) is 119 Å². The van der Waals surface area contributed by atoms with Crippen molar-refractivity contribution >= 4 is 0 Å². The quantitative estimate of drug-likeness (QED) is 0.412. The summed E-state index contributed by atoms with van der Waals surface area (Å²) < 4.78 is 13.2. The van der Waals surface area contributed by atoms with E-state index in [0.717, 1.165) is 24.7 Å². The molecule has 3 nitrogen and oxygen atoms in total. The van der Waals surface area contributed by atoms with Crippen LogP contribution < -0.4 is 0 Å². The summed E-state index contributed by atoms with van der Waals surface area (Å²) in [4.78, 5) is 0. The van der Waals surface area contributed by atoms with Crippen molar-refractivity contribution in [1.82, 2.24) is 0 Å². The van der Waals surface area contributed by atoms with Crippen molar-refractivity contribution in [2.45, 2.75) is 143 Å². The smallest absolute Gasteiger partial charge is 0.104 e. The average molecular weight is 473 g/mol. The summed E-state index contributed by atoms with van der Waals surface area (Å²) in [5.74, 6) is 2.09. The highest BCUT2D eigenvalue weighted by molar-refractivity contribution is 5.31. The number of epoxide rings is 1. The van der Waals surface area contributed by atoms with Gasteiger partial charge in [-0.2, -0.15) is 0 Å². The Labute approximate surface area is 209 Å². The first kappa shape index (κ1) is 24.2. The Balaban J connectivity index is 1.37. The van der Waals surface area contributed by atoms with Crippen LogP contribution in [0.2, 0.25) is 0 Å². The van der Waals surface area contributed by atoms with Gasteiger partial charge in [0.25, 0.3) is 0 Å². The van der Waals surface area contributed by atoms with Crippen molar-refractivity contribution < 1.29 is 14.6 Å². The van der Waals surface area contributed by atoms with E-state index in [0.29, 0.717) is 22.9 Å². The normalized spacial score (nSPS) is 59.4. The molecule has 5 aliphatic carbocycles. The second-order valence-electron chi connectivity index (χ2n) is 15.9. The van der Waals surface area contributed by atoms with Crippen LogP contribution in [0, 0.1) is 44.8 Å². The monoisotopic (exact) mass is 472 g/mol. The van der Waals surface area contributed by atoms with Gasteiger partial charge in [-0.3, -0.25) is 0 Å². The Bertz CT molecular complexity index is 865. The van der Waals surface area contributed by atoms with E-state index in [1.54, 1.807) is 0 Å². The molecule has 34 heavy (non-hydrogen) atoms. The molecule has 0 radical (unpaired) electrons. The lowest BCUT2D eigenvalue weighted by Crippen LogP contribution is -2.60. The number of hydrogen-bond acceptors (Lipinski definition) is 3. The molecular weight excluding hydrogens is 420 g/mol. The molecule has 0 aromatic heterocycles. The lowest BCUT2D eigenvalue weighted by molar-refractivity contribution is -0.182. The van der Waals surface area contributed by atoms with Crippen LogP contribution in [0.3, 0.4) is 0 Å². The second-order valence-corrected chi connectivity index (χ2v) is 15.9. The molecule has 1 aliphatic heterocycles. The number of aliphatic hydroxyl groups is 1. The van der Waals surface area contributed by atoms with E-state index in [1.807, 2.05) is 7.11 Å². The Kier molecular flexibility index (Phi) is 4.88. The molecule has 0 unspecified atom stereocenters. The van der Waals surface area contributed by atoms with Crippen LogP contribution in [0.5, 0.6) is 0 Å². The van der Waals surface area contributed by atoms with Crippen molar-refractivity contribution in [3.63, 3.8) is 0 Å². The van der Waals surface area contributed by atoms with Gasteiger partial charge < -0.3 is 14.6 Å². The molecule has 1 heterocycles. The van der Waals surface area contributed by atoms with Crippen LogP contribution in [-0.2, 0) is 9.47 Å². The molecule has 1 saturated heterocycles. The lowest BCUT2D eigenvalue weighted by atomic mass is 9.41. The van der Waals surface area contributed by atoms with Crippen molar-refractivity contribution in [1.29, 1.82) is 0 Å². The third-order valence-electron chi connectivity index (χ3n) is 14.2. The highest BCUT2D eigenvalue weighted by Crippen LogP contribution is 2.80. The van der Waals surface area contributed by atoms with Crippen LogP contribution in [0.25, 0.3) is 0 Å². The number of methoxy groups -OCH3 is 1. The molecule has 0 aromatic rings. The molecule has 0 amide bonds. The van der Waals surface area contributed by atoms with Gasteiger partial charge in [0.15, 0.2) is 0 Å². The Morgan fingerprint density at radius 1 is 0.706 bits per heavy atom. The third kappa shape index (κ3) is 2.61. The molecule has 5 saturated carbocycles. The topological polar surface area (TPSA) is 42.0 Å². The van der Waals surface area contributed by atoms with Crippen LogP contribution in [0.15, 0.2) is 0 Å². The van der Waals surface area contributed by atoms with Crippen LogP contribution in [-0.4, -0.2) is 35.6 Å². The minimum absolute atomic E-state index is 0.0114. The largest absolute Gasteiger partial charge is 0.393 e. The van der Waals surface area contributed by atoms with Gasteiger partial charge in [0.1, 0.15) is 5.60 Å². The molecule has 0 aromatic carbocycles. The van der Waals surface area contributed by atoms with Crippen LogP contribution >= 0.6 is 0 Å². The molecule has 6 fully saturated rings. The number of rotatable bonds is 1. The Hall–Kier alpha value is -0.120. The molecule has 6 rings (SSSR count). The number of ether oxygens (including phenoxy) is 2. The van der Waals surface area contributed by atoms with Gasteiger partial charge in [-0.15, -0.1) is 0 Å². The van der Waals surface area contributed by atoms with Gasteiger partial charge in [0, 0.05) is 12.5 Å². The predicted octanol–water partition coefficient (Wildman–Crippen LogP) is 7.15. The van der Waals surface area contributed by atoms with Gasteiger partial charge >= 0.3 is 0 Å². The minimum atomic E-state index is -0.169. The van der Waals surface area contributed by atoms with Crippen molar-refractivity contribution in [3.05, 3.63) is 0 Å². The van der Waals surface area contributed by atoms with Gasteiger partial charge in [0.05, 0.1) is 17.8 Å². The highest BCUT2D eigenvalue weighted by Gasteiger charge is 2.83. The first-order valence-corrected chi connectivity index (χ1v) is 14.6. The van der Waals surface area contributed by atoms with Gasteiger partial charge in [-0.25, -0.2) is 0 Å². The lowest BCUT2D eigenvalue weighted by Gasteiger charge is -2.64. The zero-order valence-corrected chi connectivity index (χ0v) is 23.4. The second kappa shape index (κ2) is 6.84. The summed E-state index contributed by atoms with van der Waals surface area (Å²) in [5.41, 5.74) is 1.37. The fourth-order valence-corrected chi connectivity index (χ4v) is 12.6. The molecular formula is C31H52O3. The SMILES string of the molecule is CO[C@@H]1CC[C@@]2(C)[C@H](CC[C@@]3(C)C[C@]45CC[C@H]6C(C)(C)[C@H](O)CC[C@]6(C)[C@@]4(CC[C@@H]32)O5)C1(C)C. The maximum Gasteiger partial charge on any atom is 0.104 e. The molecule has 0 spiro atoms. The van der Waals surface area contributed by atoms with E-state index in [1.165, 1.54) is 57.8 Å². The third-order valence-corrected chi connectivity index (χ3v) is 14.2. The maximum absolute atomic E-state index is 11.0. The average Bonchev–Trinajstić information content (AvgIpc) is 3.40. The zero-order valence-electron chi connectivity index (χ0n) is 23.4. The minimum Gasteiger partial charge on any atom is -0.393 e. The number of hydrogen-bond donors (Lipinski definition) is 1.